The summed E-state index contributed by atoms with van der Waals surface area (Å²) in [5, 5.41) is 15.7. The zero-order valence-electron chi connectivity index (χ0n) is 16.0. The van der Waals surface area contributed by atoms with E-state index in [0.29, 0.717) is 11.4 Å². The van der Waals surface area contributed by atoms with Crippen LogP contribution in [0.4, 0.5) is 0 Å². The largest absolute Gasteiger partial charge is 0.289 e. The molecule has 0 saturated heterocycles. The molecule has 1 heterocycles. The van der Waals surface area contributed by atoms with Crippen molar-refractivity contribution in [2.24, 2.45) is 5.10 Å². The number of hydrogen-bond acceptors (Lipinski definition) is 3. The van der Waals surface area contributed by atoms with E-state index in [9.17, 15) is 4.79 Å². The number of amides is 1. The summed E-state index contributed by atoms with van der Waals surface area (Å²) in [4.78, 5) is 12.5. The highest BCUT2D eigenvalue weighted by Crippen LogP contribution is 2.27. The Bertz CT molecular complexity index is 1330. The summed E-state index contributed by atoms with van der Waals surface area (Å²) in [7, 11) is 0. The van der Waals surface area contributed by atoms with Crippen molar-refractivity contribution < 1.29 is 4.79 Å². The standard InChI is InChI=1S/C25H18N4O/c30-25(24-15-23(27-28-24)17-8-2-1-3-9-17)29-26-16-22-20-12-6-4-10-18(20)14-19-11-5-7-13-21(19)22/h1-16H,(H,27,28)(H,29,30). The lowest BCUT2D eigenvalue weighted by atomic mass is 9.97. The summed E-state index contributed by atoms with van der Waals surface area (Å²) in [6.45, 7) is 0. The Morgan fingerprint density at radius 2 is 1.47 bits per heavy atom. The van der Waals surface area contributed by atoms with Crippen molar-refractivity contribution in [1.82, 2.24) is 15.6 Å². The van der Waals surface area contributed by atoms with E-state index in [1.54, 1.807) is 12.3 Å². The molecule has 144 valence electrons. The van der Waals surface area contributed by atoms with Gasteiger partial charge >= 0.3 is 0 Å². The van der Waals surface area contributed by atoms with Gasteiger partial charge in [-0.15, -0.1) is 0 Å². The summed E-state index contributed by atoms with van der Waals surface area (Å²) in [6.07, 6.45) is 1.71. The molecule has 0 bridgehead atoms. The van der Waals surface area contributed by atoms with Crippen LogP contribution in [0.1, 0.15) is 16.1 Å². The lowest BCUT2D eigenvalue weighted by molar-refractivity contribution is 0.0950. The van der Waals surface area contributed by atoms with E-state index in [1.165, 1.54) is 0 Å². The van der Waals surface area contributed by atoms with Crippen LogP contribution in [0.5, 0.6) is 0 Å². The SMILES string of the molecule is O=C(NN=Cc1c2ccccc2cc2ccccc12)c1cc(-c2ccccc2)n[nH]1. The summed E-state index contributed by atoms with van der Waals surface area (Å²) in [5.41, 5.74) is 5.58. The highest BCUT2D eigenvalue weighted by Gasteiger charge is 2.10. The van der Waals surface area contributed by atoms with E-state index in [0.717, 1.165) is 32.7 Å². The van der Waals surface area contributed by atoms with Gasteiger partial charge in [-0.25, -0.2) is 5.43 Å². The third-order valence-electron chi connectivity index (χ3n) is 5.06. The first-order chi connectivity index (χ1) is 14.8. The van der Waals surface area contributed by atoms with Gasteiger partial charge in [0.15, 0.2) is 0 Å². The highest BCUT2D eigenvalue weighted by molar-refractivity contribution is 6.13. The van der Waals surface area contributed by atoms with Gasteiger partial charge < -0.3 is 0 Å². The van der Waals surface area contributed by atoms with E-state index in [2.05, 4.69) is 51.1 Å². The molecule has 5 heteroatoms. The summed E-state index contributed by atoms with van der Waals surface area (Å²) in [6, 6.07) is 29.9. The van der Waals surface area contributed by atoms with Gasteiger partial charge in [0.05, 0.1) is 11.9 Å². The fourth-order valence-electron chi connectivity index (χ4n) is 3.60. The molecular weight excluding hydrogens is 372 g/mol. The van der Waals surface area contributed by atoms with Gasteiger partial charge in [-0.1, -0.05) is 78.9 Å². The Hall–Kier alpha value is -4.25. The smallest absolute Gasteiger partial charge is 0.272 e. The zero-order valence-corrected chi connectivity index (χ0v) is 16.0. The Morgan fingerprint density at radius 3 is 2.17 bits per heavy atom. The van der Waals surface area contributed by atoms with Gasteiger partial charge in [-0.3, -0.25) is 9.89 Å². The average molecular weight is 390 g/mol. The molecule has 0 saturated carbocycles. The highest BCUT2D eigenvalue weighted by atomic mass is 16.2. The van der Waals surface area contributed by atoms with Crippen LogP contribution in [0.25, 0.3) is 32.8 Å². The molecule has 2 N–H and O–H groups in total. The van der Waals surface area contributed by atoms with Crippen LogP contribution in [0.2, 0.25) is 0 Å². The van der Waals surface area contributed by atoms with Crippen LogP contribution in [0, 0.1) is 0 Å². The number of carbonyl (C=O) groups excluding carboxylic acids is 1. The summed E-state index contributed by atoms with van der Waals surface area (Å²) >= 11 is 0. The van der Waals surface area contributed by atoms with Crippen molar-refractivity contribution in [1.29, 1.82) is 0 Å². The molecule has 30 heavy (non-hydrogen) atoms. The van der Waals surface area contributed by atoms with Crippen LogP contribution >= 0.6 is 0 Å². The van der Waals surface area contributed by atoms with Crippen molar-refractivity contribution in [2.45, 2.75) is 0 Å². The molecule has 0 aliphatic rings. The maximum absolute atomic E-state index is 12.5. The number of H-pyrrole nitrogens is 1. The van der Waals surface area contributed by atoms with Gasteiger partial charge in [-0.2, -0.15) is 10.2 Å². The molecule has 5 aromatic rings. The van der Waals surface area contributed by atoms with E-state index in [4.69, 9.17) is 0 Å². The third kappa shape index (κ3) is 3.33. The van der Waals surface area contributed by atoms with Crippen LogP contribution in [-0.2, 0) is 0 Å². The predicted octanol–water partition coefficient (Wildman–Crippen LogP) is 5.15. The fourth-order valence-corrected chi connectivity index (χ4v) is 3.60. The normalized spacial score (nSPS) is 11.3. The Balaban J connectivity index is 1.43. The van der Waals surface area contributed by atoms with Crippen molar-refractivity contribution in [3.63, 3.8) is 0 Å². The number of nitrogens with zero attached hydrogens (tertiary/aromatic N) is 2. The number of hydrogen-bond donors (Lipinski definition) is 2. The van der Waals surface area contributed by atoms with Crippen molar-refractivity contribution in [3.05, 3.63) is 102 Å². The number of nitrogens with one attached hydrogen (secondary N) is 2. The predicted molar refractivity (Wildman–Crippen MR) is 121 cm³/mol. The molecule has 0 radical (unpaired) electrons. The maximum atomic E-state index is 12.5. The van der Waals surface area contributed by atoms with Crippen LogP contribution in [-0.4, -0.2) is 22.3 Å². The minimum absolute atomic E-state index is 0.342. The summed E-state index contributed by atoms with van der Waals surface area (Å²) in [5.74, 6) is -0.342. The molecule has 0 spiro atoms. The number of carbonyl (C=O) groups is 1. The lowest BCUT2D eigenvalue weighted by Crippen LogP contribution is -2.18. The van der Waals surface area contributed by atoms with E-state index in [-0.39, 0.29) is 5.91 Å². The molecule has 4 aromatic carbocycles. The number of rotatable bonds is 4. The molecule has 0 aliphatic heterocycles. The second-order valence-electron chi connectivity index (χ2n) is 6.96. The first kappa shape index (κ1) is 17.8. The lowest BCUT2D eigenvalue weighted by Gasteiger charge is -2.07. The van der Waals surface area contributed by atoms with Gasteiger partial charge in [-0.05, 0) is 33.7 Å². The molecule has 5 nitrogen and oxygen atoms in total. The number of hydrazone groups is 1. The average Bonchev–Trinajstić information content (AvgIpc) is 3.30. The minimum Gasteiger partial charge on any atom is -0.272 e. The molecular formula is C25H18N4O. The third-order valence-corrected chi connectivity index (χ3v) is 5.06. The van der Waals surface area contributed by atoms with Crippen molar-refractivity contribution in [3.8, 4) is 11.3 Å². The molecule has 0 fully saturated rings. The van der Waals surface area contributed by atoms with Crippen LogP contribution in [0.15, 0.2) is 96.1 Å². The van der Waals surface area contributed by atoms with Crippen LogP contribution < -0.4 is 5.43 Å². The number of fused-ring (bicyclic) bond motifs is 2. The Labute approximate surface area is 173 Å². The summed E-state index contributed by atoms with van der Waals surface area (Å²) < 4.78 is 0. The van der Waals surface area contributed by atoms with E-state index in [1.807, 2.05) is 54.6 Å². The van der Waals surface area contributed by atoms with Gasteiger partial charge in [0.1, 0.15) is 5.69 Å². The zero-order chi connectivity index (χ0) is 20.3. The molecule has 1 amide bonds. The molecule has 5 rings (SSSR count). The fraction of sp³-hybridized carbons (Fsp3) is 0. The first-order valence-corrected chi connectivity index (χ1v) is 9.64. The van der Waals surface area contributed by atoms with Crippen molar-refractivity contribution in [2.75, 3.05) is 0 Å². The van der Waals surface area contributed by atoms with E-state index >= 15 is 0 Å². The monoisotopic (exact) mass is 390 g/mol. The Kier molecular flexibility index (Phi) is 4.54. The van der Waals surface area contributed by atoms with Gasteiger partial charge in [0.2, 0.25) is 0 Å². The quantitative estimate of drug-likeness (QED) is 0.253. The number of benzene rings is 4. The first-order valence-electron chi connectivity index (χ1n) is 9.64. The molecule has 1 aromatic heterocycles. The van der Waals surface area contributed by atoms with Gasteiger partial charge in [0, 0.05) is 11.1 Å². The molecule has 0 atom stereocenters. The second-order valence-corrected chi connectivity index (χ2v) is 6.96. The topological polar surface area (TPSA) is 70.1 Å². The van der Waals surface area contributed by atoms with E-state index < -0.39 is 0 Å². The van der Waals surface area contributed by atoms with Crippen LogP contribution in [0.3, 0.4) is 0 Å². The van der Waals surface area contributed by atoms with Crippen molar-refractivity contribution >= 4 is 33.7 Å². The number of aromatic amines is 1. The maximum Gasteiger partial charge on any atom is 0.289 e. The number of aromatic nitrogens is 2. The Morgan fingerprint density at radius 1 is 0.833 bits per heavy atom. The molecule has 0 aliphatic carbocycles. The minimum atomic E-state index is -0.342. The molecule has 0 unspecified atom stereocenters. The second kappa shape index (κ2) is 7.64. The van der Waals surface area contributed by atoms with Gasteiger partial charge in [0.25, 0.3) is 5.91 Å².